The van der Waals surface area contributed by atoms with Gasteiger partial charge in [0.15, 0.2) is 0 Å². The highest BCUT2D eigenvalue weighted by molar-refractivity contribution is 7.80. The van der Waals surface area contributed by atoms with E-state index in [0.29, 0.717) is 5.17 Å². The molecule has 2 fully saturated rings. The number of hydrogen-bond donors (Lipinski definition) is 1. The first-order valence-electron chi connectivity index (χ1n) is 4.28. The van der Waals surface area contributed by atoms with Crippen LogP contribution in [0.1, 0.15) is 32.1 Å². The summed E-state index contributed by atoms with van der Waals surface area (Å²) in [6.07, 6.45) is 6.31. The third-order valence-corrected chi connectivity index (χ3v) is 2.86. The maximum absolute atomic E-state index is 5.61. The van der Waals surface area contributed by atoms with Crippen molar-refractivity contribution in [2.24, 2.45) is 0 Å². The number of rotatable bonds is 0. The Bertz CT molecular complexity index is 175. The van der Waals surface area contributed by atoms with Gasteiger partial charge >= 0.3 is 0 Å². The Morgan fingerprint density at radius 1 is 1.27 bits per heavy atom. The first kappa shape index (κ1) is 7.35. The third-order valence-electron chi connectivity index (χ3n) is 2.63. The first-order chi connectivity index (χ1) is 5.31. The largest absolute Gasteiger partial charge is 0.463 e. The van der Waals surface area contributed by atoms with E-state index in [1.807, 2.05) is 0 Å². The zero-order valence-electron chi connectivity index (χ0n) is 6.56. The number of nitrogens with one attached hydrogen (secondary N) is 1. The molecule has 2 nitrogen and oxygen atoms in total. The molecule has 0 aromatic rings. The Kier molecular flexibility index (Phi) is 1.75. The molecule has 0 atom stereocenters. The van der Waals surface area contributed by atoms with Gasteiger partial charge < -0.3 is 10.1 Å². The molecule has 11 heavy (non-hydrogen) atoms. The van der Waals surface area contributed by atoms with Gasteiger partial charge in [-0.2, -0.15) is 0 Å². The van der Waals surface area contributed by atoms with Crippen LogP contribution in [0.4, 0.5) is 0 Å². The summed E-state index contributed by atoms with van der Waals surface area (Å²) >= 11 is 4.94. The Labute approximate surface area is 72.3 Å². The minimum absolute atomic E-state index is 0.0926. The highest BCUT2D eigenvalue weighted by Crippen LogP contribution is 2.33. The van der Waals surface area contributed by atoms with Crippen LogP contribution >= 0.6 is 12.2 Å². The maximum atomic E-state index is 5.61. The Hall–Kier alpha value is -0.310. The molecule has 0 aromatic heterocycles. The molecule has 1 aliphatic carbocycles. The average Bonchev–Trinajstić information content (AvgIpc) is 2.34. The summed E-state index contributed by atoms with van der Waals surface area (Å²) in [6, 6.07) is 0. The maximum Gasteiger partial charge on any atom is 0.257 e. The summed E-state index contributed by atoms with van der Waals surface area (Å²) in [5.74, 6) is 0. The molecular formula is C8H13NOS. The molecule has 62 valence electrons. The van der Waals surface area contributed by atoms with Gasteiger partial charge in [0.05, 0.1) is 6.54 Å². The topological polar surface area (TPSA) is 21.3 Å². The second-order valence-electron chi connectivity index (χ2n) is 3.49. The standard InChI is InChI=1S/C8H13NOS/c11-7-9-6-8(10-7)4-2-1-3-5-8/h1-6H2,(H,9,11). The van der Waals surface area contributed by atoms with Crippen LogP contribution in [-0.2, 0) is 4.74 Å². The molecular weight excluding hydrogens is 158 g/mol. The van der Waals surface area contributed by atoms with Crippen LogP contribution in [0.25, 0.3) is 0 Å². The number of thiocarbonyl (C=S) groups is 1. The molecule has 3 heteroatoms. The molecule has 1 heterocycles. The van der Waals surface area contributed by atoms with E-state index in [2.05, 4.69) is 5.32 Å². The Morgan fingerprint density at radius 3 is 2.55 bits per heavy atom. The molecule has 2 rings (SSSR count). The van der Waals surface area contributed by atoms with Gasteiger partial charge in [0, 0.05) is 0 Å². The molecule has 1 N–H and O–H groups in total. The van der Waals surface area contributed by atoms with E-state index in [-0.39, 0.29) is 5.60 Å². The van der Waals surface area contributed by atoms with E-state index in [0.717, 1.165) is 6.54 Å². The Morgan fingerprint density at radius 2 is 2.00 bits per heavy atom. The predicted octanol–water partition coefficient (Wildman–Crippen LogP) is 1.59. The van der Waals surface area contributed by atoms with E-state index in [1.165, 1.54) is 32.1 Å². The lowest BCUT2D eigenvalue weighted by atomic mass is 9.85. The fourth-order valence-corrected chi connectivity index (χ4v) is 2.23. The van der Waals surface area contributed by atoms with Gasteiger partial charge in [0.25, 0.3) is 5.17 Å². The fourth-order valence-electron chi connectivity index (χ4n) is 1.98. The molecule has 1 saturated heterocycles. The first-order valence-corrected chi connectivity index (χ1v) is 4.68. The second-order valence-corrected chi connectivity index (χ2v) is 3.86. The molecule has 0 aromatic carbocycles. The van der Waals surface area contributed by atoms with Gasteiger partial charge in [0.1, 0.15) is 5.60 Å². The molecule has 1 aliphatic heterocycles. The van der Waals surface area contributed by atoms with Crippen molar-refractivity contribution in [3.05, 3.63) is 0 Å². The number of hydrogen-bond acceptors (Lipinski definition) is 2. The van der Waals surface area contributed by atoms with Gasteiger partial charge in [-0.25, -0.2) is 0 Å². The number of ether oxygens (including phenoxy) is 1. The minimum Gasteiger partial charge on any atom is -0.463 e. The summed E-state index contributed by atoms with van der Waals surface area (Å²) in [4.78, 5) is 0. The highest BCUT2D eigenvalue weighted by Gasteiger charge is 2.39. The van der Waals surface area contributed by atoms with Crippen molar-refractivity contribution in [1.82, 2.24) is 5.32 Å². The van der Waals surface area contributed by atoms with Crippen molar-refractivity contribution in [1.29, 1.82) is 0 Å². The van der Waals surface area contributed by atoms with Crippen molar-refractivity contribution in [2.45, 2.75) is 37.7 Å². The van der Waals surface area contributed by atoms with Crippen molar-refractivity contribution in [3.63, 3.8) is 0 Å². The van der Waals surface area contributed by atoms with E-state index < -0.39 is 0 Å². The second kappa shape index (κ2) is 2.63. The van der Waals surface area contributed by atoms with E-state index >= 15 is 0 Å². The molecule has 0 radical (unpaired) electrons. The van der Waals surface area contributed by atoms with E-state index in [9.17, 15) is 0 Å². The Balaban J connectivity index is 2.03. The zero-order valence-corrected chi connectivity index (χ0v) is 7.38. The summed E-state index contributed by atoms with van der Waals surface area (Å²) in [7, 11) is 0. The smallest absolute Gasteiger partial charge is 0.257 e. The van der Waals surface area contributed by atoms with Crippen LogP contribution in [0.15, 0.2) is 0 Å². The van der Waals surface area contributed by atoms with Gasteiger partial charge in [0.2, 0.25) is 0 Å². The highest BCUT2D eigenvalue weighted by atomic mass is 32.1. The van der Waals surface area contributed by atoms with Gasteiger partial charge in [-0.05, 0) is 37.9 Å². The van der Waals surface area contributed by atoms with Crippen LogP contribution in [0.3, 0.4) is 0 Å². The molecule has 1 saturated carbocycles. The summed E-state index contributed by atoms with van der Waals surface area (Å²) in [5, 5.41) is 3.69. The summed E-state index contributed by atoms with van der Waals surface area (Å²) < 4.78 is 5.61. The molecule has 0 bridgehead atoms. The van der Waals surface area contributed by atoms with Crippen LogP contribution in [-0.4, -0.2) is 17.3 Å². The van der Waals surface area contributed by atoms with Gasteiger partial charge in [-0.1, -0.05) is 6.42 Å². The van der Waals surface area contributed by atoms with Gasteiger partial charge in [-0.3, -0.25) is 0 Å². The van der Waals surface area contributed by atoms with Crippen LogP contribution in [0, 0.1) is 0 Å². The normalized spacial score (nSPS) is 28.2. The third kappa shape index (κ3) is 1.34. The monoisotopic (exact) mass is 171 g/mol. The SMILES string of the molecule is S=C1NCC2(CCCCC2)O1. The molecule has 2 aliphatic rings. The molecule has 1 spiro atoms. The quantitative estimate of drug-likeness (QED) is 0.559. The van der Waals surface area contributed by atoms with Crippen molar-refractivity contribution < 1.29 is 4.74 Å². The molecule has 0 amide bonds. The van der Waals surface area contributed by atoms with Crippen molar-refractivity contribution in [2.75, 3.05) is 6.54 Å². The van der Waals surface area contributed by atoms with Gasteiger partial charge in [-0.15, -0.1) is 0 Å². The van der Waals surface area contributed by atoms with Crippen LogP contribution in [0.5, 0.6) is 0 Å². The lowest BCUT2D eigenvalue weighted by molar-refractivity contribution is 0.0545. The van der Waals surface area contributed by atoms with Crippen LogP contribution in [0.2, 0.25) is 0 Å². The summed E-state index contributed by atoms with van der Waals surface area (Å²) in [5.41, 5.74) is 0.0926. The predicted molar refractivity (Wildman–Crippen MR) is 47.5 cm³/mol. The fraction of sp³-hybridized carbons (Fsp3) is 0.875. The molecule has 0 unspecified atom stereocenters. The van der Waals surface area contributed by atoms with Crippen LogP contribution < -0.4 is 5.32 Å². The lowest BCUT2D eigenvalue weighted by Crippen LogP contribution is -2.35. The summed E-state index contributed by atoms with van der Waals surface area (Å²) in [6.45, 7) is 0.936. The lowest BCUT2D eigenvalue weighted by Gasteiger charge is -2.30. The van der Waals surface area contributed by atoms with Crippen molar-refractivity contribution in [3.8, 4) is 0 Å². The van der Waals surface area contributed by atoms with E-state index in [1.54, 1.807) is 0 Å². The van der Waals surface area contributed by atoms with E-state index in [4.69, 9.17) is 17.0 Å². The van der Waals surface area contributed by atoms with Crippen molar-refractivity contribution >= 4 is 17.4 Å². The average molecular weight is 171 g/mol. The zero-order chi connectivity index (χ0) is 7.73. The minimum atomic E-state index is 0.0926.